The minimum absolute atomic E-state index is 0.0357. The van der Waals surface area contributed by atoms with Gasteiger partial charge < -0.3 is 28.7 Å². The van der Waals surface area contributed by atoms with E-state index >= 15 is 4.39 Å². The molecule has 0 saturated carbocycles. The van der Waals surface area contributed by atoms with Crippen LogP contribution in [-0.4, -0.2) is 72.9 Å². The minimum atomic E-state index is -0.645. The summed E-state index contributed by atoms with van der Waals surface area (Å²) in [6.07, 6.45) is 5.14. The second-order valence-corrected chi connectivity index (χ2v) is 14.9. The van der Waals surface area contributed by atoms with Crippen molar-refractivity contribution in [1.29, 1.82) is 0 Å². The Morgan fingerprint density at radius 3 is 2.57 bits per heavy atom. The van der Waals surface area contributed by atoms with Crippen molar-refractivity contribution in [3.05, 3.63) is 80.5 Å². The van der Waals surface area contributed by atoms with E-state index in [1.54, 1.807) is 16.5 Å². The first-order chi connectivity index (χ1) is 24.5. The van der Waals surface area contributed by atoms with Gasteiger partial charge in [0.15, 0.2) is 29.2 Å². The molecule has 8 rings (SSSR count). The van der Waals surface area contributed by atoms with Gasteiger partial charge in [0.25, 0.3) is 5.91 Å². The molecule has 0 aliphatic carbocycles. The first-order valence-corrected chi connectivity index (χ1v) is 17.7. The Bertz CT molecular complexity index is 2430. The number of fused-ring (bicyclic) bond motifs is 5. The third kappa shape index (κ3) is 5.99. The van der Waals surface area contributed by atoms with E-state index in [0.29, 0.717) is 59.5 Å². The van der Waals surface area contributed by atoms with Crippen molar-refractivity contribution in [2.75, 3.05) is 44.9 Å². The van der Waals surface area contributed by atoms with Crippen molar-refractivity contribution in [3.8, 4) is 0 Å². The largest absolute Gasteiger partial charge is 0.451 e. The summed E-state index contributed by atoms with van der Waals surface area (Å²) in [5.74, 6) is -1.16. The van der Waals surface area contributed by atoms with Gasteiger partial charge in [0, 0.05) is 42.6 Å². The highest BCUT2D eigenvalue weighted by Crippen LogP contribution is 2.38. The Labute approximate surface area is 293 Å². The first-order valence-electron chi connectivity index (χ1n) is 17.7. The van der Waals surface area contributed by atoms with E-state index in [9.17, 15) is 14.4 Å². The molecule has 0 bridgehead atoms. The number of pyridine rings is 1. The number of amides is 1. The Kier molecular flexibility index (Phi) is 8.45. The fourth-order valence-corrected chi connectivity index (χ4v) is 7.79. The number of carbonyl (C=O) groups excluding carboxylic acids is 1. The van der Waals surface area contributed by atoms with E-state index in [1.807, 2.05) is 49.9 Å². The van der Waals surface area contributed by atoms with Crippen LogP contribution in [-0.2, 0) is 9.57 Å². The molecule has 11 nitrogen and oxygen atoms in total. The molecule has 0 radical (unpaired) electrons. The summed E-state index contributed by atoms with van der Waals surface area (Å²) in [6, 6.07) is 12.4. The number of benzene rings is 3. The van der Waals surface area contributed by atoms with Crippen molar-refractivity contribution in [2.45, 2.75) is 64.1 Å². The van der Waals surface area contributed by atoms with Crippen LogP contribution in [0.1, 0.15) is 56.8 Å². The Hall–Kier alpha value is -4.62. The average molecular weight is 696 g/mol. The summed E-state index contributed by atoms with van der Waals surface area (Å²) >= 11 is 0. The Balaban J connectivity index is 1.25. The summed E-state index contributed by atoms with van der Waals surface area (Å²) in [5.41, 5.74) is 3.46. The van der Waals surface area contributed by atoms with E-state index in [2.05, 4.69) is 22.7 Å². The number of likely N-dealkylation sites (tertiary alicyclic amines) is 1. The monoisotopic (exact) mass is 695 g/mol. The normalized spacial score (nSPS) is 18.8. The SMILES string of the molecule is CN1CCCC1CCNC(=O)c1cn2c3cc4c(cc3oc3c(N5CC[C@H](NOCOC(C)(C)C)C5)c(F)cc(c1=O)c32)c(=O)c1ccccc14. The lowest BCUT2D eigenvalue weighted by molar-refractivity contribution is -0.156. The molecule has 1 unspecified atom stereocenters. The maximum atomic E-state index is 16.4. The van der Waals surface area contributed by atoms with E-state index in [1.165, 1.54) is 12.3 Å². The molecule has 2 aromatic heterocycles. The molecule has 51 heavy (non-hydrogen) atoms. The first kappa shape index (κ1) is 33.5. The van der Waals surface area contributed by atoms with Crippen LogP contribution < -0.4 is 26.6 Å². The molecule has 266 valence electrons. The van der Waals surface area contributed by atoms with Crippen LogP contribution in [0.15, 0.2) is 62.7 Å². The van der Waals surface area contributed by atoms with Gasteiger partial charge in [-0.1, -0.05) is 24.3 Å². The van der Waals surface area contributed by atoms with Gasteiger partial charge in [0.05, 0.1) is 22.5 Å². The van der Waals surface area contributed by atoms with Gasteiger partial charge in [-0.05, 0) is 89.0 Å². The van der Waals surface area contributed by atoms with Gasteiger partial charge in [-0.3, -0.25) is 19.2 Å². The highest BCUT2D eigenvalue weighted by atomic mass is 19.1. The van der Waals surface area contributed by atoms with Crippen LogP contribution in [0, 0.1) is 5.82 Å². The van der Waals surface area contributed by atoms with Crippen molar-refractivity contribution in [1.82, 2.24) is 20.1 Å². The topological polar surface area (TPSA) is 118 Å². The van der Waals surface area contributed by atoms with Crippen LogP contribution in [0.3, 0.4) is 0 Å². The van der Waals surface area contributed by atoms with Gasteiger partial charge >= 0.3 is 0 Å². The van der Waals surface area contributed by atoms with Crippen molar-refractivity contribution >= 4 is 60.7 Å². The number of carbonyl (C=O) groups is 1. The van der Waals surface area contributed by atoms with Crippen LogP contribution in [0.5, 0.6) is 0 Å². The standard InChI is InChI=1S/C39H42FN5O6/c1-39(2,3)49-21-50-42-22-12-15-44(19-22)34-30(40)16-28-33-37(34)51-32-18-27-26(24-9-5-6-10-25(24)35(27)46)17-31(32)45(33)20-29(36(28)47)38(48)41-13-11-23-8-7-14-43(23)4/h5-6,9-10,16-18,20,22-23,42H,7-8,11-15,19,21H2,1-4H3,(H,41,48)/t22-,23?/m0/s1. The summed E-state index contributed by atoms with van der Waals surface area (Å²) < 4.78 is 30.3. The van der Waals surface area contributed by atoms with E-state index in [-0.39, 0.29) is 46.1 Å². The van der Waals surface area contributed by atoms with Crippen LogP contribution in [0.4, 0.5) is 10.1 Å². The summed E-state index contributed by atoms with van der Waals surface area (Å²) in [6.45, 7) is 8.20. The molecule has 2 atom stereocenters. The second kappa shape index (κ2) is 12.9. The molecule has 1 amide bonds. The predicted octanol–water partition coefficient (Wildman–Crippen LogP) is 5.53. The molecule has 6 aromatic rings. The van der Waals surface area contributed by atoms with Crippen molar-refractivity contribution in [3.63, 3.8) is 0 Å². The molecule has 2 aliphatic rings. The van der Waals surface area contributed by atoms with Gasteiger partial charge in [-0.2, -0.15) is 5.48 Å². The lowest BCUT2D eigenvalue weighted by Gasteiger charge is -2.23. The van der Waals surface area contributed by atoms with Gasteiger partial charge in [-0.25, -0.2) is 4.39 Å². The quantitative estimate of drug-likeness (QED) is 0.0662. The highest BCUT2D eigenvalue weighted by Gasteiger charge is 2.31. The van der Waals surface area contributed by atoms with Gasteiger partial charge in [-0.15, -0.1) is 0 Å². The molecular formula is C39H42FN5O6. The number of ether oxygens (including phenoxy) is 1. The van der Waals surface area contributed by atoms with E-state index < -0.39 is 17.2 Å². The van der Waals surface area contributed by atoms with Crippen molar-refractivity contribution < 1.29 is 23.2 Å². The molecule has 4 aromatic carbocycles. The molecule has 2 saturated heterocycles. The third-order valence-corrected chi connectivity index (χ3v) is 10.4. The number of nitrogens with zero attached hydrogens (tertiary/aromatic N) is 3. The number of hydrogen-bond donors (Lipinski definition) is 2. The molecule has 12 heteroatoms. The Morgan fingerprint density at radius 1 is 1.00 bits per heavy atom. The van der Waals surface area contributed by atoms with E-state index in [0.717, 1.165) is 36.6 Å². The number of nitrogens with one attached hydrogen (secondary N) is 2. The van der Waals surface area contributed by atoms with Crippen LogP contribution in [0.2, 0.25) is 0 Å². The molecule has 0 spiro atoms. The lowest BCUT2D eigenvalue weighted by Crippen LogP contribution is -2.35. The minimum Gasteiger partial charge on any atom is -0.451 e. The fraction of sp³-hybridized carbons (Fsp3) is 0.410. The zero-order chi connectivity index (χ0) is 35.6. The molecule has 2 aliphatic heterocycles. The molecular weight excluding hydrogens is 653 g/mol. The second-order valence-electron chi connectivity index (χ2n) is 14.9. The molecule has 2 fully saturated rings. The number of hydroxylamine groups is 1. The Morgan fingerprint density at radius 2 is 1.80 bits per heavy atom. The number of hydrogen-bond acceptors (Lipinski definition) is 9. The molecule has 2 N–H and O–H groups in total. The van der Waals surface area contributed by atoms with E-state index in [4.69, 9.17) is 14.0 Å². The third-order valence-electron chi connectivity index (χ3n) is 10.4. The van der Waals surface area contributed by atoms with Crippen LogP contribution >= 0.6 is 0 Å². The maximum Gasteiger partial charge on any atom is 0.256 e. The summed E-state index contributed by atoms with van der Waals surface area (Å²) in [5, 5.41) is 5.56. The van der Waals surface area contributed by atoms with Gasteiger partial charge in [0.1, 0.15) is 16.8 Å². The molecule has 4 heterocycles. The smallest absolute Gasteiger partial charge is 0.256 e. The fourth-order valence-electron chi connectivity index (χ4n) is 7.79. The number of anilines is 1. The lowest BCUT2D eigenvalue weighted by atomic mass is 10.1. The highest BCUT2D eigenvalue weighted by molar-refractivity contribution is 6.15. The average Bonchev–Trinajstić information content (AvgIpc) is 3.81. The van der Waals surface area contributed by atoms with Crippen molar-refractivity contribution in [2.24, 2.45) is 0 Å². The number of rotatable bonds is 9. The van der Waals surface area contributed by atoms with Gasteiger partial charge in [0.2, 0.25) is 5.43 Å². The zero-order valence-corrected chi connectivity index (χ0v) is 29.3. The van der Waals surface area contributed by atoms with Crippen LogP contribution in [0.25, 0.3) is 49.1 Å². The summed E-state index contributed by atoms with van der Waals surface area (Å²) in [4.78, 5) is 50.9. The number of aromatic nitrogens is 1. The zero-order valence-electron chi connectivity index (χ0n) is 29.3. The maximum absolute atomic E-state index is 16.4. The predicted molar refractivity (Wildman–Crippen MR) is 197 cm³/mol. The number of halogens is 1. The summed E-state index contributed by atoms with van der Waals surface area (Å²) in [7, 11) is 2.08.